The van der Waals surface area contributed by atoms with E-state index in [2.05, 4.69) is 32.9 Å². The van der Waals surface area contributed by atoms with Gasteiger partial charge in [-0.1, -0.05) is 51.1 Å². The monoisotopic (exact) mass is 284 g/mol. The van der Waals surface area contributed by atoms with Crippen LogP contribution in [0.15, 0.2) is 48.5 Å². The standard InChI is InChI=1S/C19H24O2/c1-14-8-6-7-9-18(14)21-15(2)20-17-12-10-16(11-13-17)19(3,4)5/h6-13,15H,1-5H3. The van der Waals surface area contributed by atoms with E-state index in [1.54, 1.807) is 0 Å². The normalized spacial score (nSPS) is 12.8. The maximum Gasteiger partial charge on any atom is 0.238 e. The lowest BCUT2D eigenvalue weighted by molar-refractivity contribution is 0.0217. The van der Waals surface area contributed by atoms with E-state index in [-0.39, 0.29) is 11.7 Å². The molecule has 2 aromatic rings. The summed E-state index contributed by atoms with van der Waals surface area (Å²) in [5.41, 5.74) is 2.56. The van der Waals surface area contributed by atoms with Crippen LogP contribution in [0.3, 0.4) is 0 Å². The summed E-state index contributed by atoms with van der Waals surface area (Å²) in [6.45, 7) is 10.5. The molecule has 0 heterocycles. The number of benzene rings is 2. The third-order valence-electron chi connectivity index (χ3n) is 3.41. The number of rotatable bonds is 4. The van der Waals surface area contributed by atoms with Crippen molar-refractivity contribution in [3.8, 4) is 11.5 Å². The van der Waals surface area contributed by atoms with Crippen molar-refractivity contribution in [1.82, 2.24) is 0 Å². The highest BCUT2D eigenvalue weighted by atomic mass is 16.7. The molecule has 1 unspecified atom stereocenters. The smallest absolute Gasteiger partial charge is 0.238 e. The highest BCUT2D eigenvalue weighted by Crippen LogP contribution is 2.25. The van der Waals surface area contributed by atoms with Gasteiger partial charge in [-0.05, 0) is 41.7 Å². The Morgan fingerprint density at radius 3 is 2.05 bits per heavy atom. The molecule has 0 bridgehead atoms. The molecule has 2 nitrogen and oxygen atoms in total. The van der Waals surface area contributed by atoms with Gasteiger partial charge >= 0.3 is 0 Å². The van der Waals surface area contributed by atoms with Crippen LogP contribution in [0.4, 0.5) is 0 Å². The first kappa shape index (κ1) is 15.4. The topological polar surface area (TPSA) is 18.5 Å². The predicted molar refractivity (Wildman–Crippen MR) is 87.0 cm³/mol. The summed E-state index contributed by atoms with van der Waals surface area (Å²) in [5.74, 6) is 1.68. The van der Waals surface area contributed by atoms with Gasteiger partial charge in [0.15, 0.2) is 0 Å². The second kappa shape index (κ2) is 6.21. The fourth-order valence-electron chi connectivity index (χ4n) is 2.12. The molecule has 0 spiro atoms. The number of hydrogen-bond acceptors (Lipinski definition) is 2. The molecule has 0 saturated heterocycles. The van der Waals surface area contributed by atoms with Crippen LogP contribution in [0.25, 0.3) is 0 Å². The van der Waals surface area contributed by atoms with Gasteiger partial charge in [-0.2, -0.15) is 0 Å². The molecule has 2 rings (SSSR count). The Hall–Kier alpha value is -1.96. The van der Waals surface area contributed by atoms with Crippen molar-refractivity contribution in [3.63, 3.8) is 0 Å². The van der Waals surface area contributed by atoms with Crippen LogP contribution in [0.5, 0.6) is 11.5 Å². The lowest BCUT2D eigenvalue weighted by atomic mass is 9.87. The van der Waals surface area contributed by atoms with Gasteiger partial charge in [-0.15, -0.1) is 0 Å². The van der Waals surface area contributed by atoms with Crippen molar-refractivity contribution >= 4 is 0 Å². The van der Waals surface area contributed by atoms with Crippen LogP contribution in [0.1, 0.15) is 38.8 Å². The molecule has 0 fully saturated rings. The van der Waals surface area contributed by atoms with Crippen molar-refractivity contribution in [2.45, 2.75) is 46.3 Å². The maximum absolute atomic E-state index is 5.82. The van der Waals surface area contributed by atoms with Gasteiger partial charge in [0.25, 0.3) is 0 Å². The Bertz CT molecular complexity index is 579. The van der Waals surface area contributed by atoms with E-state index in [1.165, 1.54) is 5.56 Å². The molecule has 0 aromatic heterocycles. The molecule has 0 amide bonds. The van der Waals surface area contributed by atoms with Crippen LogP contribution >= 0.6 is 0 Å². The Labute approximate surface area is 127 Å². The van der Waals surface area contributed by atoms with E-state index in [0.29, 0.717) is 0 Å². The molecule has 21 heavy (non-hydrogen) atoms. The average Bonchev–Trinajstić information content (AvgIpc) is 2.41. The molecule has 0 radical (unpaired) electrons. The van der Waals surface area contributed by atoms with Gasteiger partial charge in [0.2, 0.25) is 6.29 Å². The van der Waals surface area contributed by atoms with Crippen molar-refractivity contribution in [2.75, 3.05) is 0 Å². The number of ether oxygens (including phenoxy) is 2. The lowest BCUT2D eigenvalue weighted by Crippen LogP contribution is -2.20. The minimum absolute atomic E-state index is 0.155. The highest BCUT2D eigenvalue weighted by Gasteiger charge is 2.14. The summed E-state index contributed by atoms with van der Waals surface area (Å²) in [4.78, 5) is 0. The van der Waals surface area contributed by atoms with Gasteiger partial charge in [0, 0.05) is 6.92 Å². The molecule has 1 atom stereocenters. The summed E-state index contributed by atoms with van der Waals surface area (Å²) in [6.07, 6.45) is -0.327. The zero-order chi connectivity index (χ0) is 15.5. The van der Waals surface area contributed by atoms with E-state index >= 15 is 0 Å². The zero-order valence-corrected chi connectivity index (χ0v) is 13.5. The van der Waals surface area contributed by atoms with Crippen molar-refractivity contribution in [3.05, 3.63) is 59.7 Å². The van der Waals surface area contributed by atoms with E-state index in [4.69, 9.17) is 9.47 Å². The van der Waals surface area contributed by atoms with Crippen LogP contribution in [-0.2, 0) is 5.41 Å². The van der Waals surface area contributed by atoms with Gasteiger partial charge in [-0.3, -0.25) is 0 Å². The molecule has 2 aromatic carbocycles. The fraction of sp³-hybridized carbons (Fsp3) is 0.368. The van der Waals surface area contributed by atoms with Crippen LogP contribution in [0.2, 0.25) is 0 Å². The second-order valence-corrected chi connectivity index (χ2v) is 6.34. The Kier molecular flexibility index (Phi) is 4.56. The molecule has 0 saturated carbocycles. The number of para-hydroxylation sites is 1. The third kappa shape index (κ3) is 4.25. The summed E-state index contributed by atoms with van der Waals surface area (Å²) >= 11 is 0. The van der Waals surface area contributed by atoms with E-state index < -0.39 is 0 Å². The summed E-state index contributed by atoms with van der Waals surface area (Å²) in [6, 6.07) is 16.2. The molecule has 2 heteroatoms. The van der Waals surface area contributed by atoms with Gasteiger partial charge in [-0.25, -0.2) is 0 Å². The Balaban J connectivity index is 2.00. The van der Waals surface area contributed by atoms with E-state index in [9.17, 15) is 0 Å². The lowest BCUT2D eigenvalue weighted by Gasteiger charge is -2.21. The van der Waals surface area contributed by atoms with Crippen LogP contribution in [0, 0.1) is 6.92 Å². The quantitative estimate of drug-likeness (QED) is 0.727. The number of aryl methyl sites for hydroxylation is 1. The second-order valence-electron chi connectivity index (χ2n) is 6.34. The van der Waals surface area contributed by atoms with Gasteiger partial charge in [0.05, 0.1) is 0 Å². The molecule has 0 N–H and O–H groups in total. The summed E-state index contributed by atoms with van der Waals surface area (Å²) < 4.78 is 11.6. The van der Waals surface area contributed by atoms with E-state index in [0.717, 1.165) is 17.1 Å². The number of hydrogen-bond donors (Lipinski definition) is 0. The van der Waals surface area contributed by atoms with E-state index in [1.807, 2.05) is 50.2 Å². The van der Waals surface area contributed by atoms with Crippen molar-refractivity contribution < 1.29 is 9.47 Å². The Morgan fingerprint density at radius 2 is 1.48 bits per heavy atom. The van der Waals surface area contributed by atoms with Crippen molar-refractivity contribution in [1.29, 1.82) is 0 Å². The predicted octanol–water partition coefficient (Wildman–Crippen LogP) is 5.10. The highest BCUT2D eigenvalue weighted by molar-refractivity contribution is 5.33. The van der Waals surface area contributed by atoms with Crippen molar-refractivity contribution in [2.24, 2.45) is 0 Å². The first-order chi connectivity index (χ1) is 9.86. The fourth-order valence-corrected chi connectivity index (χ4v) is 2.12. The zero-order valence-electron chi connectivity index (χ0n) is 13.5. The van der Waals surface area contributed by atoms with Crippen LogP contribution in [-0.4, -0.2) is 6.29 Å². The minimum atomic E-state index is -0.327. The van der Waals surface area contributed by atoms with Gasteiger partial charge < -0.3 is 9.47 Å². The molecule has 0 aliphatic heterocycles. The first-order valence-corrected chi connectivity index (χ1v) is 7.36. The molecular formula is C19H24O2. The average molecular weight is 284 g/mol. The molecule has 0 aliphatic rings. The first-order valence-electron chi connectivity index (χ1n) is 7.36. The SMILES string of the molecule is Cc1ccccc1OC(C)Oc1ccc(C(C)(C)C)cc1. The van der Waals surface area contributed by atoms with Crippen LogP contribution < -0.4 is 9.47 Å². The maximum atomic E-state index is 5.82. The largest absolute Gasteiger partial charge is 0.455 e. The summed E-state index contributed by atoms with van der Waals surface area (Å²) in [7, 11) is 0. The minimum Gasteiger partial charge on any atom is -0.455 e. The summed E-state index contributed by atoms with van der Waals surface area (Å²) in [5, 5.41) is 0. The molecule has 112 valence electrons. The Morgan fingerprint density at radius 1 is 0.857 bits per heavy atom. The van der Waals surface area contributed by atoms with Gasteiger partial charge in [0.1, 0.15) is 11.5 Å². The third-order valence-corrected chi connectivity index (χ3v) is 3.41. The molecular weight excluding hydrogens is 260 g/mol. The molecule has 0 aliphatic carbocycles.